The summed E-state index contributed by atoms with van der Waals surface area (Å²) in [5, 5.41) is 6.73. The molecule has 0 radical (unpaired) electrons. The van der Waals surface area contributed by atoms with Crippen molar-refractivity contribution in [2.45, 2.75) is 24.6 Å². The standard InChI is InChI=1S/C17H13ClN4OS2/c1-9-10(2)25-17-14(9)16(19-8-20-17)24-7-13-21-15(22-23-13)11-4-3-5-12(18)6-11/h3-6,8H,7H2,1-2H3. The van der Waals surface area contributed by atoms with Gasteiger partial charge in [-0.1, -0.05) is 40.7 Å². The van der Waals surface area contributed by atoms with Crippen LogP contribution >= 0.6 is 34.7 Å². The number of rotatable bonds is 4. The van der Waals surface area contributed by atoms with Gasteiger partial charge in [0.15, 0.2) is 0 Å². The van der Waals surface area contributed by atoms with Gasteiger partial charge in [0.2, 0.25) is 11.7 Å². The second kappa shape index (κ2) is 6.74. The Hall–Kier alpha value is -1.96. The quantitative estimate of drug-likeness (QED) is 0.349. The lowest BCUT2D eigenvalue weighted by Crippen LogP contribution is -1.87. The largest absolute Gasteiger partial charge is 0.338 e. The second-order valence-electron chi connectivity index (χ2n) is 5.45. The van der Waals surface area contributed by atoms with E-state index >= 15 is 0 Å². The van der Waals surface area contributed by atoms with Gasteiger partial charge < -0.3 is 4.52 Å². The fraction of sp³-hybridized carbons (Fsp3) is 0.176. The third-order valence-corrected chi connectivity index (χ3v) is 6.14. The molecule has 0 N–H and O–H groups in total. The summed E-state index contributed by atoms with van der Waals surface area (Å²) in [5.74, 6) is 1.64. The number of halogens is 1. The zero-order valence-corrected chi connectivity index (χ0v) is 15.9. The lowest BCUT2D eigenvalue weighted by Gasteiger charge is -2.00. The van der Waals surface area contributed by atoms with E-state index in [9.17, 15) is 0 Å². The van der Waals surface area contributed by atoms with Gasteiger partial charge in [0.1, 0.15) is 16.2 Å². The average molecular weight is 389 g/mol. The molecular formula is C17H13ClN4OS2. The first-order valence-electron chi connectivity index (χ1n) is 7.54. The van der Waals surface area contributed by atoms with Gasteiger partial charge in [-0.15, -0.1) is 11.3 Å². The van der Waals surface area contributed by atoms with Crippen molar-refractivity contribution in [1.29, 1.82) is 0 Å². The molecule has 126 valence electrons. The Balaban J connectivity index is 1.57. The van der Waals surface area contributed by atoms with Crippen molar-refractivity contribution in [2.75, 3.05) is 0 Å². The van der Waals surface area contributed by atoms with Crippen LogP contribution in [0.3, 0.4) is 0 Å². The number of benzene rings is 1. The highest BCUT2D eigenvalue weighted by atomic mass is 35.5. The molecule has 4 rings (SSSR count). The predicted molar refractivity (Wildman–Crippen MR) is 101 cm³/mol. The molecule has 0 spiro atoms. The molecule has 0 aliphatic heterocycles. The summed E-state index contributed by atoms with van der Waals surface area (Å²) < 4.78 is 5.36. The van der Waals surface area contributed by atoms with Gasteiger partial charge in [-0.3, -0.25) is 0 Å². The Morgan fingerprint density at radius 3 is 2.96 bits per heavy atom. The molecule has 25 heavy (non-hydrogen) atoms. The average Bonchev–Trinajstić information content (AvgIpc) is 3.19. The van der Waals surface area contributed by atoms with Crippen LogP contribution in [0.5, 0.6) is 0 Å². The van der Waals surface area contributed by atoms with Crippen LogP contribution in [-0.4, -0.2) is 20.1 Å². The van der Waals surface area contributed by atoms with Crippen LogP contribution in [0, 0.1) is 13.8 Å². The molecule has 0 saturated carbocycles. The van der Waals surface area contributed by atoms with E-state index in [0.29, 0.717) is 22.5 Å². The molecule has 0 amide bonds. The van der Waals surface area contributed by atoms with E-state index in [1.54, 1.807) is 29.4 Å². The number of fused-ring (bicyclic) bond motifs is 1. The monoisotopic (exact) mass is 388 g/mol. The molecule has 0 aliphatic rings. The SMILES string of the molecule is Cc1sc2ncnc(SCc3nc(-c4cccc(Cl)c4)no3)c2c1C. The molecule has 0 atom stereocenters. The second-order valence-corrected chi connectivity index (χ2v) is 8.06. The zero-order valence-electron chi connectivity index (χ0n) is 13.5. The van der Waals surface area contributed by atoms with Gasteiger partial charge in [0.05, 0.1) is 5.75 Å². The summed E-state index contributed by atoms with van der Waals surface area (Å²) in [6.07, 6.45) is 1.60. The first kappa shape index (κ1) is 16.5. The highest BCUT2D eigenvalue weighted by Crippen LogP contribution is 2.35. The third kappa shape index (κ3) is 3.27. The summed E-state index contributed by atoms with van der Waals surface area (Å²) in [6.45, 7) is 4.21. The van der Waals surface area contributed by atoms with Crippen molar-refractivity contribution in [3.8, 4) is 11.4 Å². The lowest BCUT2D eigenvalue weighted by molar-refractivity contribution is 0.391. The smallest absolute Gasteiger partial charge is 0.237 e. The molecule has 0 saturated heterocycles. The fourth-order valence-electron chi connectivity index (χ4n) is 2.45. The number of aryl methyl sites for hydroxylation is 2. The van der Waals surface area contributed by atoms with Crippen molar-refractivity contribution >= 4 is 44.9 Å². The number of hydrogen-bond acceptors (Lipinski definition) is 7. The number of aromatic nitrogens is 4. The van der Waals surface area contributed by atoms with E-state index in [2.05, 4.69) is 34.0 Å². The van der Waals surface area contributed by atoms with Crippen LogP contribution < -0.4 is 0 Å². The highest BCUT2D eigenvalue weighted by molar-refractivity contribution is 7.98. The lowest BCUT2D eigenvalue weighted by atomic mass is 10.2. The molecule has 0 bridgehead atoms. The van der Waals surface area contributed by atoms with Gasteiger partial charge in [-0.05, 0) is 31.5 Å². The summed E-state index contributed by atoms with van der Waals surface area (Å²) in [5.41, 5.74) is 2.06. The number of hydrogen-bond donors (Lipinski definition) is 0. The van der Waals surface area contributed by atoms with Crippen LogP contribution in [0.2, 0.25) is 5.02 Å². The molecule has 0 unspecified atom stereocenters. The van der Waals surface area contributed by atoms with E-state index in [1.807, 2.05) is 24.3 Å². The summed E-state index contributed by atoms with van der Waals surface area (Å²) in [6, 6.07) is 7.39. The minimum atomic E-state index is 0.536. The van der Waals surface area contributed by atoms with Gasteiger partial charge in [0, 0.05) is 20.8 Å². The molecule has 0 fully saturated rings. The Kier molecular flexibility index (Phi) is 4.45. The van der Waals surface area contributed by atoms with Gasteiger partial charge in [0.25, 0.3) is 0 Å². The van der Waals surface area contributed by atoms with Gasteiger partial charge in [-0.2, -0.15) is 4.98 Å². The van der Waals surface area contributed by atoms with E-state index in [-0.39, 0.29) is 0 Å². The molecule has 8 heteroatoms. The number of nitrogens with zero attached hydrogens (tertiary/aromatic N) is 4. The Morgan fingerprint density at radius 1 is 1.24 bits per heavy atom. The van der Waals surface area contributed by atoms with Gasteiger partial charge in [-0.25, -0.2) is 9.97 Å². The molecule has 0 aliphatic carbocycles. The van der Waals surface area contributed by atoms with Crippen LogP contribution in [0.15, 0.2) is 40.1 Å². The zero-order chi connectivity index (χ0) is 17.4. The minimum Gasteiger partial charge on any atom is -0.338 e. The van der Waals surface area contributed by atoms with Crippen LogP contribution in [0.4, 0.5) is 0 Å². The molecule has 3 aromatic heterocycles. The van der Waals surface area contributed by atoms with Crippen molar-refractivity contribution in [3.05, 3.63) is 51.9 Å². The summed E-state index contributed by atoms with van der Waals surface area (Å²) >= 11 is 9.28. The minimum absolute atomic E-state index is 0.536. The molecule has 1 aromatic carbocycles. The van der Waals surface area contributed by atoms with E-state index in [0.717, 1.165) is 20.8 Å². The van der Waals surface area contributed by atoms with E-state index in [4.69, 9.17) is 16.1 Å². The van der Waals surface area contributed by atoms with Crippen LogP contribution in [-0.2, 0) is 5.75 Å². The predicted octanol–water partition coefficient (Wildman–Crippen LogP) is 5.30. The van der Waals surface area contributed by atoms with Gasteiger partial charge >= 0.3 is 0 Å². The highest BCUT2D eigenvalue weighted by Gasteiger charge is 2.14. The summed E-state index contributed by atoms with van der Waals surface area (Å²) in [4.78, 5) is 15.5. The Labute approximate surface area is 157 Å². The Bertz CT molecular complexity index is 1060. The topological polar surface area (TPSA) is 64.7 Å². The summed E-state index contributed by atoms with van der Waals surface area (Å²) in [7, 11) is 0. The van der Waals surface area contributed by atoms with Crippen molar-refractivity contribution in [3.63, 3.8) is 0 Å². The van der Waals surface area contributed by atoms with E-state index in [1.165, 1.54) is 10.4 Å². The van der Waals surface area contributed by atoms with Crippen molar-refractivity contribution in [2.24, 2.45) is 0 Å². The third-order valence-electron chi connectivity index (χ3n) is 3.81. The molecular weight excluding hydrogens is 376 g/mol. The Morgan fingerprint density at radius 2 is 2.12 bits per heavy atom. The maximum Gasteiger partial charge on any atom is 0.237 e. The van der Waals surface area contributed by atoms with Crippen LogP contribution in [0.25, 0.3) is 21.6 Å². The van der Waals surface area contributed by atoms with Crippen LogP contribution in [0.1, 0.15) is 16.3 Å². The molecule has 3 heterocycles. The first-order valence-corrected chi connectivity index (χ1v) is 9.72. The maximum absolute atomic E-state index is 6.01. The van der Waals surface area contributed by atoms with E-state index < -0.39 is 0 Å². The first-order chi connectivity index (χ1) is 12.1. The number of thioether (sulfide) groups is 1. The van der Waals surface area contributed by atoms with Crippen molar-refractivity contribution in [1.82, 2.24) is 20.1 Å². The number of thiophene rings is 1. The maximum atomic E-state index is 6.01. The normalized spacial score (nSPS) is 11.3. The van der Waals surface area contributed by atoms with Crippen molar-refractivity contribution < 1.29 is 4.52 Å². The fourth-order valence-corrected chi connectivity index (χ4v) is 4.59. The molecule has 5 nitrogen and oxygen atoms in total. The molecule has 4 aromatic rings.